The van der Waals surface area contributed by atoms with E-state index in [1.54, 1.807) is 0 Å². The standard InChI is InChI=1S/C18H9Cl3F4N4O2/c19-11-2-1-10(5-14(11)29-8-26-7-27-29)30-15-6-17(31-28-15,18(23,24)25)9-3-12(20)16(22)13(21)4-9/h1-5,7-8H,6H2. The Morgan fingerprint density at radius 1 is 1.06 bits per heavy atom. The van der Waals surface area contributed by atoms with Crippen molar-refractivity contribution in [1.29, 1.82) is 0 Å². The van der Waals surface area contributed by atoms with Gasteiger partial charge in [-0.1, -0.05) is 40.0 Å². The first kappa shape index (κ1) is 21.7. The van der Waals surface area contributed by atoms with Crippen LogP contribution in [0.5, 0.6) is 5.75 Å². The average Bonchev–Trinajstić information content (AvgIpc) is 3.37. The lowest BCUT2D eigenvalue weighted by Gasteiger charge is -2.29. The van der Waals surface area contributed by atoms with Crippen LogP contribution in [0, 0.1) is 5.82 Å². The molecular formula is C18H9Cl3F4N4O2. The minimum atomic E-state index is -4.95. The SMILES string of the molecule is Fc1c(Cl)cc(C2(C(F)(F)F)CC(Oc3ccc(Cl)c(-n4cncn4)c3)=NO2)cc1Cl. The summed E-state index contributed by atoms with van der Waals surface area (Å²) in [5.41, 5.74) is -3.08. The van der Waals surface area contributed by atoms with Gasteiger partial charge >= 0.3 is 6.18 Å². The normalized spacial score (nSPS) is 18.6. The molecule has 0 bridgehead atoms. The van der Waals surface area contributed by atoms with Crippen molar-refractivity contribution in [2.75, 3.05) is 0 Å². The molecule has 31 heavy (non-hydrogen) atoms. The number of halogens is 7. The molecule has 0 N–H and O–H groups in total. The second-order valence-corrected chi connectivity index (χ2v) is 7.61. The van der Waals surface area contributed by atoms with Gasteiger partial charge in [0, 0.05) is 11.6 Å². The first-order valence-electron chi connectivity index (χ1n) is 8.40. The van der Waals surface area contributed by atoms with Gasteiger partial charge in [-0.15, -0.1) is 0 Å². The van der Waals surface area contributed by atoms with E-state index in [4.69, 9.17) is 44.4 Å². The number of benzene rings is 2. The third-order valence-corrected chi connectivity index (χ3v) is 5.30. The molecule has 2 aromatic carbocycles. The first-order valence-corrected chi connectivity index (χ1v) is 9.53. The van der Waals surface area contributed by atoms with Gasteiger partial charge in [0.05, 0.1) is 27.2 Å². The number of hydrogen-bond acceptors (Lipinski definition) is 5. The minimum absolute atomic E-state index is 0.130. The van der Waals surface area contributed by atoms with E-state index >= 15 is 0 Å². The van der Waals surface area contributed by atoms with Crippen LogP contribution in [0.4, 0.5) is 17.6 Å². The van der Waals surface area contributed by atoms with Crippen molar-refractivity contribution >= 4 is 40.7 Å². The van der Waals surface area contributed by atoms with E-state index in [-0.39, 0.29) is 11.6 Å². The van der Waals surface area contributed by atoms with Crippen LogP contribution in [-0.2, 0) is 10.4 Å². The number of rotatable bonds is 3. The second kappa shape index (κ2) is 7.85. The van der Waals surface area contributed by atoms with Crippen molar-refractivity contribution in [1.82, 2.24) is 14.8 Å². The number of ether oxygens (including phenoxy) is 1. The number of hydrogen-bond donors (Lipinski definition) is 0. The Bertz CT molecular complexity index is 1150. The van der Waals surface area contributed by atoms with E-state index in [0.717, 1.165) is 12.1 Å². The molecule has 162 valence electrons. The lowest BCUT2D eigenvalue weighted by atomic mass is 9.90. The second-order valence-electron chi connectivity index (χ2n) is 6.39. The molecule has 1 atom stereocenters. The molecule has 0 amide bonds. The smallest absolute Gasteiger partial charge is 0.435 e. The molecule has 2 heterocycles. The summed E-state index contributed by atoms with van der Waals surface area (Å²) in [6, 6.07) is 5.93. The van der Waals surface area contributed by atoms with E-state index in [0.29, 0.717) is 10.7 Å². The molecular weight excluding hydrogens is 487 g/mol. The Morgan fingerprint density at radius 2 is 1.77 bits per heavy atom. The highest BCUT2D eigenvalue weighted by molar-refractivity contribution is 6.35. The largest absolute Gasteiger partial charge is 0.440 e. The summed E-state index contributed by atoms with van der Waals surface area (Å²) >= 11 is 17.5. The fourth-order valence-corrected chi connectivity index (χ4v) is 3.61. The zero-order chi connectivity index (χ0) is 22.4. The highest BCUT2D eigenvalue weighted by Crippen LogP contribution is 2.49. The molecule has 1 aromatic heterocycles. The molecule has 4 rings (SSSR count). The van der Waals surface area contributed by atoms with Gasteiger partial charge in [0.25, 0.3) is 5.60 Å². The first-order chi connectivity index (χ1) is 14.6. The number of oxime groups is 1. The zero-order valence-electron chi connectivity index (χ0n) is 15.0. The van der Waals surface area contributed by atoms with Gasteiger partial charge in [-0.3, -0.25) is 0 Å². The van der Waals surface area contributed by atoms with Gasteiger partial charge in [0.15, 0.2) is 5.82 Å². The molecule has 1 aliphatic rings. The molecule has 0 saturated heterocycles. The summed E-state index contributed by atoms with van der Waals surface area (Å²) < 4.78 is 62.6. The van der Waals surface area contributed by atoms with Crippen LogP contribution < -0.4 is 4.74 Å². The summed E-state index contributed by atoms with van der Waals surface area (Å²) in [4.78, 5) is 8.60. The predicted octanol–water partition coefficient (Wildman–Crippen LogP) is 5.94. The third-order valence-electron chi connectivity index (χ3n) is 4.43. The van der Waals surface area contributed by atoms with Crippen molar-refractivity contribution in [3.05, 3.63) is 69.4 Å². The maximum atomic E-state index is 14.0. The maximum absolute atomic E-state index is 14.0. The van der Waals surface area contributed by atoms with Gasteiger partial charge in [-0.2, -0.15) is 18.3 Å². The van der Waals surface area contributed by atoms with Crippen LogP contribution in [0.3, 0.4) is 0 Å². The van der Waals surface area contributed by atoms with Crippen LogP contribution >= 0.6 is 34.8 Å². The molecule has 6 nitrogen and oxygen atoms in total. The van der Waals surface area contributed by atoms with Gasteiger partial charge in [0.1, 0.15) is 18.4 Å². The molecule has 0 radical (unpaired) electrons. The highest BCUT2D eigenvalue weighted by Gasteiger charge is 2.63. The van der Waals surface area contributed by atoms with E-state index in [1.807, 2.05) is 0 Å². The van der Waals surface area contributed by atoms with Crippen molar-refractivity contribution in [2.24, 2.45) is 5.16 Å². The quantitative estimate of drug-likeness (QED) is 0.333. The van der Waals surface area contributed by atoms with Crippen LogP contribution in [-0.4, -0.2) is 26.8 Å². The molecule has 1 unspecified atom stereocenters. The molecule has 0 fully saturated rings. The van der Waals surface area contributed by atoms with Gasteiger partial charge in [-0.25, -0.2) is 14.1 Å². The van der Waals surface area contributed by atoms with E-state index < -0.39 is 39.6 Å². The van der Waals surface area contributed by atoms with Crippen molar-refractivity contribution < 1.29 is 27.1 Å². The van der Waals surface area contributed by atoms with Crippen LogP contribution in [0.1, 0.15) is 12.0 Å². The number of aromatic nitrogens is 3. The van der Waals surface area contributed by atoms with Crippen molar-refractivity contribution in [2.45, 2.75) is 18.2 Å². The van der Waals surface area contributed by atoms with Gasteiger partial charge in [-0.05, 0) is 24.3 Å². The van der Waals surface area contributed by atoms with Crippen LogP contribution in [0.25, 0.3) is 5.69 Å². The van der Waals surface area contributed by atoms with Gasteiger partial charge in [0.2, 0.25) is 5.90 Å². The van der Waals surface area contributed by atoms with E-state index in [2.05, 4.69) is 15.2 Å². The highest BCUT2D eigenvalue weighted by atomic mass is 35.5. The maximum Gasteiger partial charge on any atom is 0.435 e. The summed E-state index contributed by atoms with van der Waals surface area (Å²) in [5, 5.41) is 6.54. The molecule has 1 aliphatic heterocycles. The minimum Gasteiger partial charge on any atom is -0.440 e. The number of nitrogens with zero attached hydrogens (tertiary/aromatic N) is 4. The summed E-state index contributed by atoms with van der Waals surface area (Å²) in [7, 11) is 0. The predicted molar refractivity (Wildman–Crippen MR) is 104 cm³/mol. The summed E-state index contributed by atoms with van der Waals surface area (Å²) in [6.07, 6.45) is -3.11. The Kier molecular flexibility index (Phi) is 5.48. The van der Waals surface area contributed by atoms with E-state index in [1.165, 1.54) is 35.5 Å². The Balaban J connectivity index is 1.64. The molecule has 0 spiro atoms. The Morgan fingerprint density at radius 3 is 2.39 bits per heavy atom. The zero-order valence-corrected chi connectivity index (χ0v) is 17.3. The Labute approximate surface area is 186 Å². The topological polar surface area (TPSA) is 61.5 Å². The van der Waals surface area contributed by atoms with Crippen LogP contribution in [0.2, 0.25) is 15.1 Å². The summed E-state index contributed by atoms with van der Waals surface area (Å²) in [5.74, 6) is -1.28. The van der Waals surface area contributed by atoms with Gasteiger partial charge < -0.3 is 9.57 Å². The molecule has 0 saturated carbocycles. The fraction of sp³-hybridized carbons (Fsp3) is 0.167. The molecule has 13 heteroatoms. The molecule has 3 aromatic rings. The number of alkyl halides is 3. The molecule has 0 aliphatic carbocycles. The summed E-state index contributed by atoms with van der Waals surface area (Å²) in [6.45, 7) is 0. The van der Waals surface area contributed by atoms with Crippen molar-refractivity contribution in [3.8, 4) is 11.4 Å². The Hall–Kier alpha value is -2.56. The van der Waals surface area contributed by atoms with E-state index in [9.17, 15) is 17.6 Å². The third kappa shape index (κ3) is 3.90. The lowest BCUT2D eigenvalue weighted by Crippen LogP contribution is -2.43. The average molecular weight is 496 g/mol. The monoisotopic (exact) mass is 494 g/mol. The van der Waals surface area contributed by atoms with Crippen LogP contribution in [0.15, 0.2) is 48.1 Å². The van der Waals surface area contributed by atoms with Crippen molar-refractivity contribution in [3.63, 3.8) is 0 Å². The lowest BCUT2D eigenvalue weighted by molar-refractivity contribution is -0.275. The fourth-order valence-electron chi connectivity index (χ4n) is 2.92.